The molecule has 3 aliphatic rings. The highest BCUT2D eigenvalue weighted by Crippen LogP contribution is 2.25. The van der Waals surface area contributed by atoms with Gasteiger partial charge in [0.15, 0.2) is 0 Å². The monoisotopic (exact) mass is 456 g/mol. The van der Waals surface area contributed by atoms with E-state index >= 15 is 0 Å². The normalized spacial score (nSPS) is 20.5. The first-order chi connectivity index (χ1) is 16.1. The molecular formula is C25H40N6O2. The maximum absolute atomic E-state index is 12.8. The quantitative estimate of drug-likeness (QED) is 0.572. The molecule has 4 rings (SSSR count). The first-order valence-electron chi connectivity index (χ1n) is 12.9. The fourth-order valence-electron chi connectivity index (χ4n) is 4.90. The van der Waals surface area contributed by atoms with Crippen molar-refractivity contribution >= 4 is 17.6 Å². The number of unbranched alkanes of at least 4 members (excludes halogenated alkanes) is 2. The standard InChI is InChI=1S/C25H40N6O2/c1-2-3-4-10-26-25(33)21-8-9-23(27-19-21)30-13-11-28(12-14-30)20-24(32)31-17-15-29(16-18-31)22-6-5-7-22/h8-9,19,22H,2-7,10-18,20H2,1H3,(H,26,33). The van der Waals surface area contributed by atoms with Crippen LogP contribution < -0.4 is 10.2 Å². The first kappa shape index (κ1) is 24.0. The van der Waals surface area contributed by atoms with Gasteiger partial charge >= 0.3 is 0 Å². The van der Waals surface area contributed by atoms with Gasteiger partial charge in [-0.3, -0.25) is 19.4 Å². The summed E-state index contributed by atoms with van der Waals surface area (Å²) in [6.07, 6.45) is 8.99. The van der Waals surface area contributed by atoms with Crippen LogP contribution in [0.1, 0.15) is 55.8 Å². The minimum Gasteiger partial charge on any atom is -0.354 e. The largest absolute Gasteiger partial charge is 0.354 e. The molecule has 182 valence electrons. The summed E-state index contributed by atoms with van der Waals surface area (Å²) in [6, 6.07) is 4.57. The zero-order valence-electron chi connectivity index (χ0n) is 20.2. The molecule has 8 heteroatoms. The molecule has 0 unspecified atom stereocenters. The Bertz CT molecular complexity index is 766. The topological polar surface area (TPSA) is 72.0 Å². The van der Waals surface area contributed by atoms with Crippen molar-refractivity contribution in [1.29, 1.82) is 0 Å². The lowest BCUT2D eigenvalue weighted by Crippen LogP contribution is -2.56. The third-order valence-corrected chi connectivity index (χ3v) is 7.39. The highest BCUT2D eigenvalue weighted by Gasteiger charge is 2.30. The van der Waals surface area contributed by atoms with Gasteiger partial charge in [-0.2, -0.15) is 0 Å². The van der Waals surface area contributed by atoms with Crippen LogP contribution in [0.25, 0.3) is 0 Å². The van der Waals surface area contributed by atoms with Gasteiger partial charge in [0.2, 0.25) is 5.91 Å². The molecule has 0 bridgehead atoms. The fraction of sp³-hybridized carbons (Fsp3) is 0.720. The lowest BCUT2D eigenvalue weighted by Gasteiger charge is -2.43. The lowest BCUT2D eigenvalue weighted by molar-refractivity contribution is -0.134. The van der Waals surface area contributed by atoms with Gasteiger partial charge in [0.05, 0.1) is 12.1 Å². The molecule has 0 radical (unpaired) electrons. The highest BCUT2D eigenvalue weighted by atomic mass is 16.2. The summed E-state index contributed by atoms with van der Waals surface area (Å²) in [4.78, 5) is 38.7. The van der Waals surface area contributed by atoms with Gasteiger partial charge in [-0.05, 0) is 31.4 Å². The number of nitrogens with one attached hydrogen (secondary N) is 1. The maximum Gasteiger partial charge on any atom is 0.252 e. The van der Waals surface area contributed by atoms with Gasteiger partial charge in [-0.1, -0.05) is 26.2 Å². The van der Waals surface area contributed by atoms with E-state index in [1.807, 2.05) is 12.1 Å². The summed E-state index contributed by atoms with van der Waals surface area (Å²) in [5.74, 6) is 1.11. The van der Waals surface area contributed by atoms with Gasteiger partial charge in [0.25, 0.3) is 5.91 Å². The van der Waals surface area contributed by atoms with E-state index in [4.69, 9.17) is 0 Å². The molecule has 3 fully saturated rings. The predicted octanol–water partition coefficient (Wildman–Crippen LogP) is 1.82. The minimum absolute atomic E-state index is 0.0537. The number of hydrogen-bond donors (Lipinski definition) is 1. The van der Waals surface area contributed by atoms with Gasteiger partial charge in [0, 0.05) is 71.1 Å². The van der Waals surface area contributed by atoms with Crippen LogP contribution >= 0.6 is 0 Å². The number of carbonyl (C=O) groups excluding carboxylic acids is 2. The molecule has 1 aromatic rings. The molecule has 33 heavy (non-hydrogen) atoms. The molecule has 3 heterocycles. The molecular weight excluding hydrogens is 416 g/mol. The zero-order chi connectivity index (χ0) is 23.0. The number of aromatic nitrogens is 1. The SMILES string of the molecule is CCCCCNC(=O)c1ccc(N2CCN(CC(=O)N3CCN(C4CCC4)CC3)CC2)nc1. The first-order valence-corrected chi connectivity index (χ1v) is 12.9. The molecule has 1 aromatic heterocycles. The Labute approximate surface area is 198 Å². The Kier molecular flexibility index (Phi) is 8.56. The molecule has 2 aliphatic heterocycles. The molecule has 2 saturated heterocycles. The smallest absolute Gasteiger partial charge is 0.252 e. The average molecular weight is 457 g/mol. The molecule has 8 nitrogen and oxygen atoms in total. The van der Waals surface area contributed by atoms with Crippen LogP contribution in [-0.4, -0.2) is 103 Å². The highest BCUT2D eigenvalue weighted by molar-refractivity contribution is 5.94. The van der Waals surface area contributed by atoms with Crippen LogP contribution in [0.15, 0.2) is 18.3 Å². The van der Waals surface area contributed by atoms with Crippen molar-refractivity contribution in [3.63, 3.8) is 0 Å². The number of amides is 2. The number of anilines is 1. The van der Waals surface area contributed by atoms with Crippen LogP contribution in [0.3, 0.4) is 0 Å². The van der Waals surface area contributed by atoms with E-state index < -0.39 is 0 Å². The van der Waals surface area contributed by atoms with Gasteiger partial charge in [-0.15, -0.1) is 0 Å². The fourth-order valence-corrected chi connectivity index (χ4v) is 4.90. The number of nitrogens with zero attached hydrogens (tertiary/aromatic N) is 5. The van der Waals surface area contributed by atoms with E-state index in [9.17, 15) is 9.59 Å². The summed E-state index contributed by atoms with van der Waals surface area (Å²) < 4.78 is 0. The van der Waals surface area contributed by atoms with Crippen LogP contribution in [-0.2, 0) is 4.79 Å². The maximum atomic E-state index is 12.8. The summed E-state index contributed by atoms with van der Waals surface area (Å²) in [7, 11) is 0. The molecule has 0 atom stereocenters. The van der Waals surface area contributed by atoms with E-state index in [0.717, 1.165) is 83.5 Å². The van der Waals surface area contributed by atoms with Gasteiger partial charge in [-0.25, -0.2) is 4.98 Å². The number of carbonyl (C=O) groups is 2. The summed E-state index contributed by atoms with van der Waals surface area (Å²) in [5, 5.41) is 2.96. The van der Waals surface area contributed by atoms with Crippen LogP contribution in [0.5, 0.6) is 0 Å². The molecule has 0 spiro atoms. The van der Waals surface area contributed by atoms with Crippen LogP contribution in [0.4, 0.5) is 5.82 Å². The average Bonchev–Trinajstić information content (AvgIpc) is 2.82. The summed E-state index contributed by atoms with van der Waals surface area (Å²) in [5.41, 5.74) is 0.608. The van der Waals surface area contributed by atoms with Crippen molar-refractivity contribution < 1.29 is 9.59 Å². The zero-order valence-corrected chi connectivity index (χ0v) is 20.2. The second-order valence-corrected chi connectivity index (χ2v) is 9.63. The third kappa shape index (κ3) is 6.44. The van der Waals surface area contributed by atoms with E-state index in [-0.39, 0.29) is 11.8 Å². The number of hydrogen-bond acceptors (Lipinski definition) is 6. The Hall–Kier alpha value is -2.19. The Morgan fingerprint density at radius 3 is 2.36 bits per heavy atom. The van der Waals surface area contributed by atoms with Gasteiger partial charge in [0.1, 0.15) is 5.82 Å². The van der Waals surface area contributed by atoms with Crippen molar-refractivity contribution in [3.8, 4) is 0 Å². The summed E-state index contributed by atoms with van der Waals surface area (Å²) >= 11 is 0. The number of pyridine rings is 1. The van der Waals surface area contributed by atoms with Crippen molar-refractivity contribution in [2.24, 2.45) is 0 Å². The van der Waals surface area contributed by atoms with Crippen molar-refractivity contribution in [2.75, 3.05) is 70.3 Å². The second kappa shape index (κ2) is 11.8. The molecule has 1 aliphatic carbocycles. The van der Waals surface area contributed by atoms with E-state index in [1.165, 1.54) is 19.3 Å². The van der Waals surface area contributed by atoms with E-state index in [2.05, 4.69) is 36.8 Å². The number of piperazine rings is 2. The number of rotatable bonds is 9. The van der Waals surface area contributed by atoms with Gasteiger partial charge < -0.3 is 15.1 Å². The molecule has 1 saturated carbocycles. The summed E-state index contributed by atoms with van der Waals surface area (Å²) in [6.45, 7) is 10.6. The van der Waals surface area contributed by atoms with E-state index in [0.29, 0.717) is 18.7 Å². The molecule has 1 N–H and O–H groups in total. The van der Waals surface area contributed by atoms with Crippen LogP contribution in [0.2, 0.25) is 0 Å². The van der Waals surface area contributed by atoms with Crippen molar-refractivity contribution in [3.05, 3.63) is 23.9 Å². The predicted molar refractivity (Wildman–Crippen MR) is 131 cm³/mol. The van der Waals surface area contributed by atoms with E-state index in [1.54, 1.807) is 6.20 Å². The second-order valence-electron chi connectivity index (χ2n) is 9.63. The Balaban J connectivity index is 1.16. The Morgan fingerprint density at radius 1 is 1.00 bits per heavy atom. The van der Waals surface area contributed by atoms with Crippen molar-refractivity contribution in [2.45, 2.75) is 51.5 Å². The molecule has 0 aromatic carbocycles. The lowest BCUT2D eigenvalue weighted by atomic mass is 9.91. The van der Waals surface area contributed by atoms with Crippen molar-refractivity contribution in [1.82, 2.24) is 25.0 Å². The molecule has 2 amide bonds. The Morgan fingerprint density at radius 2 is 1.76 bits per heavy atom. The van der Waals surface area contributed by atoms with Crippen LogP contribution in [0, 0.1) is 0 Å². The third-order valence-electron chi connectivity index (χ3n) is 7.39. The minimum atomic E-state index is -0.0537.